The zero-order valence-corrected chi connectivity index (χ0v) is 14.1. The molecule has 0 unspecified atom stereocenters. The number of hydrogen-bond acceptors (Lipinski definition) is 4. The minimum Gasteiger partial charge on any atom is -0.456 e. The highest BCUT2D eigenvalue weighted by atomic mass is 16.6. The SMILES string of the molecule is Cc1[nH]c(C(=O)OC(C)(C)C)c(C)c1C(=O)OC(C)(C)C. The second kappa shape index (κ2) is 5.54. The first-order chi connectivity index (χ1) is 9.32. The Balaban J connectivity index is 3.11. The van der Waals surface area contributed by atoms with Crippen molar-refractivity contribution in [3.05, 3.63) is 22.5 Å². The standard InChI is InChI=1S/C16H25NO4/c1-9-11(13(18)20-15(3,4)5)10(2)17-12(9)14(19)21-16(6,7)8/h17H,1-8H3. The average molecular weight is 295 g/mol. The lowest BCUT2D eigenvalue weighted by Gasteiger charge is -2.20. The highest BCUT2D eigenvalue weighted by Crippen LogP contribution is 2.23. The van der Waals surface area contributed by atoms with E-state index in [-0.39, 0.29) is 0 Å². The highest BCUT2D eigenvalue weighted by molar-refractivity contribution is 5.98. The van der Waals surface area contributed by atoms with Crippen molar-refractivity contribution in [1.82, 2.24) is 4.98 Å². The Hall–Kier alpha value is -1.78. The first kappa shape index (κ1) is 17.3. The molecular formula is C16H25NO4. The third-order valence-electron chi connectivity index (χ3n) is 2.64. The number of aromatic amines is 1. The minimum absolute atomic E-state index is 0.295. The van der Waals surface area contributed by atoms with Crippen LogP contribution in [0.1, 0.15) is 73.6 Å². The summed E-state index contributed by atoms with van der Waals surface area (Å²) in [5.74, 6) is -0.915. The van der Waals surface area contributed by atoms with Crippen molar-refractivity contribution in [2.45, 2.75) is 66.6 Å². The van der Waals surface area contributed by atoms with Crippen LogP contribution < -0.4 is 0 Å². The van der Waals surface area contributed by atoms with Gasteiger partial charge in [0, 0.05) is 5.69 Å². The fourth-order valence-corrected chi connectivity index (χ4v) is 1.92. The van der Waals surface area contributed by atoms with Crippen LogP contribution in [0.4, 0.5) is 0 Å². The Labute approximate surface area is 126 Å². The second-order valence-electron chi connectivity index (χ2n) is 7.13. The number of hydrogen-bond donors (Lipinski definition) is 1. The number of rotatable bonds is 2. The van der Waals surface area contributed by atoms with Gasteiger partial charge >= 0.3 is 11.9 Å². The van der Waals surface area contributed by atoms with Gasteiger partial charge in [-0.1, -0.05) is 0 Å². The molecule has 0 aliphatic rings. The van der Waals surface area contributed by atoms with Gasteiger partial charge in [-0.2, -0.15) is 0 Å². The molecule has 21 heavy (non-hydrogen) atoms. The lowest BCUT2D eigenvalue weighted by Crippen LogP contribution is -2.25. The molecule has 1 rings (SSSR count). The van der Waals surface area contributed by atoms with Crippen molar-refractivity contribution in [1.29, 1.82) is 0 Å². The van der Waals surface area contributed by atoms with Crippen LogP contribution >= 0.6 is 0 Å². The molecular weight excluding hydrogens is 270 g/mol. The number of ether oxygens (including phenoxy) is 2. The monoisotopic (exact) mass is 295 g/mol. The molecule has 0 atom stereocenters. The van der Waals surface area contributed by atoms with E-state index in [2.05, 4.69) is 4.98 Å². The van der Waals surface area contributed by atoms with Crippen LogP contribution in [0.5, 0.6) is 0 Å². The number of carbonyl (C=O) groups excluding carboxylic acids is 2. The first-order valence-corrected chi connectivity index (χ1v) is 6.97. The molecule has 1 aromatic heterocycles. The Kier molecular flexibility index (Phi) is 4.56. The third kappa shape index (κ3) is 4.62. The number of carbonyl (C=O) groups is 2. The molecule has 0 saturated heterocycles. The van der Waals surface area contributed by atoms with E-state index in [0.717, 1.165) is 0 Å². The molecule has 118 valence electrons. The largest absolute Gasteiger partial charge is 0.456 e. The molecule has 1 heterocycles. The fourth-order valence-electron chi connectivity index (χ4n) is 1.92. The van der Waals surface area contributed by atoms with Gasteiger partial charge in [0.1, 0.15) is 16.9 Å². The van der Waals surface area contributed by atoms with E-state index >= 15 is 0 Å². The molecule has 0 bridgehead atoms. The number of nitrogens with one attached hydrogen (secondary N) is 1. The number of aryl methyl sites for hydroxylation is 1. The normalized spacial score (nSPS) is 12.2. The molecule has 0 amide bonds. The van der Waals surface area contributed by atoms with Crippen LogP contribution in [0.25, 0.3) is 0 Å². The maximum atomic E-state index is 12.2. The molecule has 0 spiro atoms. The van der Waals surface area contributed by atoms with Crippen LogP contribution in [0.3, 0.4) is 0 Å². The maximum absolute atomic E-state index is 12.2. The van der Waals surface area contributed by atoms with Crippen LogP contribution in [0.2, 0.25) is 0 Å². The summed E-state index contributed by atoms with van der Waals surface area (Å²) in [6.07, 6.45) is 0. The Morgan fingerprint density at radius 2 is 1.29 bits per heavy atom. The van der Waals surface area contributed by atoms with Crippen molar-refractivity contribution in [3.63, 3.8) is 0 Å². The van der Waals surface area contributed by atoms with Crippen molar-refractivity contribution in [3.8, 4) is 0 Å². The summed E-state index contributed by atoms with van der Waals surface area (Å²) in [5, 5.41) is 0. The molecule has 0 aromatic carbocycles. The maximum Gasteiger partial charge on any atom is 0.355 e. The van der Waals surface area contributed by atoms with E-state index < -0.39 is 23.1 Å². The minimum atomic E-state index is -0.589. The van der Waals surface area contributed by atoms with Crippen LogP contribution in [0, 0.1) is 13.8 Å². The van der Waals surface area contributed by atoms with Crippen LogP contribution in [-0.2, 0) is 9.47 Å². The smallest absolute Gasteiger partial charge is 0.355 e. The zero-order valence-electron chi connectivity index (χ0n) is 14.1. The average Bonchev–Trinajstić information content (AvgIpc) is 2.48. The van der Waals surface area contributed by atoms with Crippen molar-refractivity contribution >= 4 is 11.9 Å². The van der Waals surface area contributed by atoms with E-state index in [1.165, 1.54) is 0 Å². The summed E-state index contributed by atoms with van der Waals surface area (Å²) >= 11 is 0. The number of H-pyrrole nitrogens is 1. The predicted molar refractivity (Wildman–Crippen MR) is 80.6 cm³/mol. The number of aromatic nitrogens is 1. The van der Waals surface area contributed by atoms with E-state index in [9.17, 15) is 9.59 Å². The molecule has 0 fully saturated rings. The molecule has 0 aliphatic heterocycles. The first-order valence-electron chi connectivity index (χ1n) is 6.97. The number of esters is 2. The summed E-state index contributed by atoms with van der Waals surface area (Å²) in [7, 11) is 0. The molecule has 1 N–H and O–H groups in total. The second-order valence-corrected chi connectivity index (χ2v) is 7.13. The van der Waals surface area contributed by atoms with E-state index in [4.69, 9.17) is 9.47 Å². The summed E-state index contributed by atoms with van der Waals surface area (Å²) in [4.78, 5) is 27.3. The highest BCUT2D eigenvalue weighted by Gasteiger charge is 2.28. The van der Waals surface area contributed by atoms with Crippen molar-refractivity contribution in [2.24, 2.45) is 0 Å². The van der Waals surface area contributed by atoms with Crippen molar-refractivity contribution in [2.75, 3.05) is 0 Å². The Morgan fingerprint density at radius 3 is 1.71 bits per heavy atom. The van der Waals surface area contributed by atoms with Crippen LogP contribution in [0.15, 0.2) is 0 Å². The van der Waals surface area contributed by atoms with Gasteiger partial charge in [-0.05, 0) is 61.0 Å². The van der Waals surface area contributed by atoms with Gasteiger partial charge < -0.3 is 14.5 Å². The Morgan fingerprint density at radius 1 is 0.857 bits per heavy atom. The molecule has 0 aliphatic carbocycles. The van der Waals surface area contributed by atoms with Gasteiger partial charge in [0.05, 0.1) is 5.56 Å². The van der Waals surface area contributed by atoms with Gasteiger partial charge in [0.25, 0.3) is 0 Å². The van der Waals surface area contributed by atoms with Crippen LogP contribution in [-0.4, -0.2) is 28.1 Å². The van der Waals surface area contributed by atoms with E-state index in [1.54, 1.807) is 55.4 Å². The predicted octanol–water partition coefficient (Wildman–Crippen LogP) is 3.54. The zero-order chi connectivity index (χ0) is 16.6. The lowest BCUT2D eigenvalue weighted by atomic mass is 10.1. The van der Waals surface area contributed by atoms with Crippen molar-refractivity contribution < 1.29 is 19.1 Å². The van der Waals surface area contributed by atoms with Gasteiger partial charge in [-0.15, -0.1) is 0 Å². The van der Waals surface area contributed by atoms with Gasteiger partial charge in [0.15, 0.2) is 0 Å². The van der Waals surface area contributed by atoms with E-state index in [0.29, 0.717) is 22.5 Å². The summed E-state index contributed by atoms with van der Waals surface area (Å²) in [5.41, 5.74) is 0.668. The molecule has 1 aromatic rings. The summed E-state index contributed by atoms with van der Waals surface area (Å²) in [6, 6.07) is 0. The summed E-state index contributed by atoms with van der Waals surface area (Å²) < 4.78 is 10.7. The van der Waals surface area contributed by atoms with Gasteiger partial charge in [-0.3, -0.25) is 0 Å². The van der Waals surface area contributed by atoms with E-state index in [1.807, 2.05) is 0 Å². The summed E-state index contributed by atoms with van der Waals surface area (Å²) in [6.45, 7) is 14.2. The molecule has 0 radical (unpaired) electrons. The van der Waals surface area contributed by atoms with Gasteiger partial charge in [-0.25, -0.2) is 9.59 Å². The fraction of sp³-hybridized carbons (Fsp3) is 0.625. The molecule has 0 saturated carbocycles. The molecule has 5 heteroatoms. The molecule has 5 nitrogen and oxygen atoms in total. The van der Waals surface area contributed by atoms with Gasteiger partial charge in [0.2, 0.25) is 0 Å². The Bertz CT molecular complexity index is 556. The lowest BCUT2D eigenvalue weighted by molar-refractivity contribution is 0.00589. The quantitative estimate of drug-likeness (QED) is 0.847. The topological polar surface area (TPSA) is 68.4 Å². The third-order valence-corrected chi connectivity index (χ3v) is 2.64.